The molecule has 0 aromatic heterocycles. The van der Waals surface area contributed by atoms with Crippen LogP contribution in [0.3, 0.4) is 0 Å². The smallest absolute Gasteiger partial charge is 0.356 e. The van der Waals surface area contributed by atoms with Gasteiger partial charge in [0.1, 0.15) is 5.60 Å². The minimum Gasteiger partial charge on any atom is -0.356 e. The monoisotopic (exact) mass is 493 g/mol. The van der Waals surface area contributed by atoms with Crippen molar-refractivity contribution in [3.63, 3.8) is 0 Å². The molecule has 0 fully saturated rings. The van der Waals surface area contributed by atoms with E-state index in [4.69, 9.17) is 9.44 Å². The lowest BCUT2D eigenvalue weighted by Gasteiger charge is -2.25. The van der Waals surface area contributed by atoms with Crippen LogP contribution in [0.15, 0.2) is 0 Å². The summed E-state index contributed by atoms with van der Waals surface area (Å²) in [4.78, 5) is 16.8. The third kappa shape index (κ3) is 22.8. The van der Waals surface area contributed by atoms with Gasteiger partial charge in [-0.05, 0) is 32.6 Å². The quantitative estimate of drug-likeness (QED) is 0.0645. The van der Waals surface area contributed by atoms with Crippen LogP contribution < -0.4 is 5.32 Å². The van der Waals surface area contributed by atoms with E-state index in [-0.39, 0.29) is 5.91 Å². The van der Waals surface area contributed by atoms with Gasteiger partial charge in [-0.3, -0.25) is 9.35 Å². The zero-order valence-electron chi connectivity index (χ0n) is 21.5. The van der Waals surface area contributed by atoms with E-state index in [2.05, 4.69) is 16.6 Å². The molecule has 8 heteroatoms. The number of carbonyl (C=O) groups excluding carboxylic acids is 1. The molecule has 0 saturated heterocycles. The van der Waals surface area contributed by atoms with Gasteiger partial charge < -0.3 is 5.32 Å². The molecule has 0 aliphatic carbocycles. The average Bonchev–Trinajstić information content (AvgIpc) is 2.77. The van der Waals surface area contributed by atoms with Crippen LogP contribution in [0.4, 0.5) is 0 Å². The Bertz CT molecular complexity index is 569. The maximum Gasteiger partial charge on any atom is 0.424 e. The standard InChI is InChI=1S/C25H51NO6S/c1-4-6-7-8-9-10-11-12-13-14-15-16-17-18-19-21-24(27)26-23-20-22-25(3,5-2)31-32-33(28,29)30/h4-23H2,1-3H3,(H,26,27)(H,28,29,30). The predicted molar refractivity (Wildman–Crippen MR) is 134 cm³/mol. The molecule has 198 valence electrons. The summed E-state index contributed by atoms with van der Waals surface area (Å²) in [5.41, 5.74) is -0.839. The zero-order chi connectivity index (χ0) is 24.8. The van der Waals surface area contributed by atoms with Gasteiger partial charge in [0.05, 0.1) is 0 Å². The number of hydrogen-bond acceptors (Lipinski definition) is 5. The van der Waals surface area contributed by atoms with Crippen molar-refractivity contribution in [3.05, 3.63) is 0 Å². The van der Waals surface area contributed by atoms with Crippen molar-refractivity contribution in [1.82, 2.24) is 5.32 Å². The Labute approximate surface area is 203 Å². The summed E-state index contributed by atoms with van der Waals surface area (Å²) < 4.78 is 34.0. The largest absolute Gasteiger partial charge is 0.424 e. The van der Waals surface area contributed by atoms with Gasteiger partial charge in [0.2, 0.25) is 5.91 Å². The van der Waals surface area contributed by atoms with E-state index < -0.39 is 16.0 Å². The molecule has 0 saturated carbocycles. The van der Waals surface area contributed by atoms with E-state index in [1.54, 1.807) is 6.92 Å². The lowest BCUT2D eigenvalue weighted by Crippen LogP contribution is -2.31. The SMILES string of the molecule is CCCCCCCCCCCCCCCCCC(=O)NCCCC(C)(CC)OOS(=O)(=O)O. The van der Waals surface area contributed by atoms with Crippen LogP contribution in [0, 0.1) is 0 Å². The van der Waals surface area contributed by atoms with Crippen molar-refractivity contribution in [2.45, 2.75) is 148 Å². The molecule has 1 unspecified atom stereocenters. The van der Waals surface area contributed by atoms with E-state index in [0.29, 0.717) is 32.2 Å². The number of amides is 1. The lowest BCUT2D eigenvalue weighted by atomic mass is 9.97. The second kappa shape index (κ2) is 20.7. The van der Waals surface area contributed by atoms with E-state index in [1.807, 2.05) is 6.92 Å². The van der Waals surface area contributed by atoms with Crippen LogP contribution in [-0.4, -0.2) is 31.0 Å². The van der Waals surface area contributed by atoms with Gasteiger partial charge in [-0.25, -0.2) is 4.89 Å². The molecule has 0 radical (unpaired) electrons. The van der Waals surface area contributed by atoms with Crippen molar-refractivity contribution < 1.29 is 27.0 Å². The third-order valence-electron chi connectivity index (χ3n) is 6.28. The first-order valence-corrected chi connectivity index (χ1v) is 14.7. The molecule has 0 bridgehead atoms. The number of carbonyl (C=O) groups is 1. The molecule has 0 heterocycles. The van der Waals surface area contributed by atoms with Crippen LogP contribution in [-0.2, 0) is 24.4 Å². The maximum absolute atomic E-state index is 11.9. The van der Waals surface area contributed by atoms with Gasteiger partial charge in [-0.1, -0.05) is 108 Å². The van der Waals surface area contributed by atoms with Gasteiger partial charge in [-0.2, -0.15) is 8.42 Å². The summed E-state index contributed by atoms with van der Waals surface area (Å²) in [5.74, 6) is 0.0537. The molecule has 0 aliphatic rings. The fourth-order valence-electron chi connectivity index (χ4n) is 3.84. The Morgan fingerprint density at radius 2 is 1.24 bits per heavy atom. The van der Waals surface area contributed by atoms with Crippen LogP contribution >= 0.6 is 0 Å². The average molecular weight is 494 g/mol. The first-order chi connectivity index (χ1) is 15.7. The predicted octanol–water partition coefficient (Wildman–Crippen LogP) is 7.06. The normalized spacial score (nSPS) is 13.7. The summed E-state index contributed by atoms with van der Waals surface area (Å²) in [5, 5.41) is 2.90. The first-order valence-electron chi connectivity index (χ1n) is 13.3. The van der Waals surface area contributed by atoms with Crippen LogP contribution in [0.2, 0.25) is 0 Å². The van der Waals surface area contributed by atoms with E-state index >= 15 is 0 Å². The third-order valence-corrected chi connectivity index (χ3v) is 6.52. The Hall–Kier alpha value is -0.700. The summed E-state index contributed by atoms with van der Waals surface area (Å²) in [6.07, 6.45) is 21.8. The van der Waals surface area contributed by atoms with Crippen LogP contribution in [0.1, 0.15) is 143 Å². The van der Waals surface area contributed by atoms with Crippen molar-refractivity contribution in [2.75, 3.05) is 6.54 Å². The molecule has 0 rings (SSSR count). The summed E-state index contributed by atoms with van der Waals surface area (Å²) >= 11 is 0. The lowest BCUT2D eigenvalue weighted by molar-refractivity contribution is -0.290. The zero-order valence-corrected chi connectivity index (χ0v) is 22.4. The molecule has 7 nitrogen and oxygen atoms in total. The molecule has 1 atom stereocenters. The summed E-state index contributed by atoms with van der Waals surface area (Å²) in [6, 6.07) is 0. The fraction of sp³-hybridized carbons (Fsp3) is 0.960. The van der Waals surface area contributed by atoms with Gasteiger partial charge in [-0.15, -0.1) is 0 Å². The van der Waals surface area contributed by atoms with E-state index in [1.165, 1.54) is 83.5 Å². The molecule has 0 spiro atoms. The highest BCUT2D eigenvalue weighted by Gasteiger charge is 2.26. The van der Waals surface area contributed by atoms with Gasteiger partial charge in [0.15, 0.2) is 0 Å². The van der Waals surface area contributed by atoms with Crippen LogP contribution in [0.5, 0.6) is 0 Å². The molecule has 2 N–H and O–H groups in total. The Morgan fingerprint density at radius 3 is 1.67 bits per heavy atom. The van der Waals surface area contributed by atoms with Crippen molar-refractivity contribution in [2.24, 2.45) is 0 Å². The van der Waals surface area contributed by atoms with Gasteiger partial charge in [0, 0.05) is 13.0 Å². The van der Waals surface area contributed by atoms with Gasteiger partial charge >= 0.3 is 10.4 Å². The molecular weight excluding hydrogens is 442 g/mol. The number of unbranched alkanes of at least 4 members (excludes halogenated alkanes) is 14. The Balaban J connectivity index is 3.49. The molecular formula is C25H51NO6S. The van der Waals surface area contributed by atoms with Gasteiger partial charge in [0.25, 0.3) is 0 Å². The molecule has 33 heavy (non-hydrogen) atoms. The second-order valence-corrected chi connectivity index (χ2v) is 10.5. The number of hydrogen-bond donors (Lipinski definition) is 2. The first kappa shape index (κ1) is 32.3. The van der Waals surface area contributed by atoms with Crippen molar-refractivity contribution >= 4 is 16.3 Å². The molecule has 0 aromatic rings. The number of rotatable bonds is 24. The molecule has 1 amide bonds. The number of nitrogens with one attached hydrogen (secondary N) is 1. The highest BCUT2D eigenvalue weighted by atomic mass is 32.3. The second-order valence-electron chi connectivity index (χ2n) is 9.54. The fourth-order valence-corrected chi connectivity index (χ4v) is 4.09. The Morgan fingerprint density at radius 1 is 0.788 bits per heavy atom. The Kier molecular flexibility index (Phi) is 20.2. The van der Waals surface area contributed by atoms with Crippen molar-refractivity contribution in [3.8, 4) is 0 Å². The topological polar surface area (TPSA) is 102 Å². The van der Waals surface area contributed by atoms with Crippen molar-refractivity contribution in [1.29, 1.82) is 0 Å². The van der Waals surface area contributed by atoms with Crippen LogP contribution in [0.25, 0.3) is 0 Å². The maximum atomic E-state index is 11.9. The molecule has 0 aliphatic heterocycles. The minimum absolute atomic E-state index is 0.0537. The summed E-state index contributed by atoms with van der Waals surface area (Å²) in [7, 11) is -4.63. The highest BCUT2D eigenvalue weighted by Crippen LogP contribution is 2.22. The van der Waals surface area contributed by atoms with E-state index in [9.17, 15) is 13.2 Å². The highest BCUT2D eigenvalue weighted by molar-refractivity contribution is 7.80. The summed E-state index contributed by atoms with van der Waals surface area (Å²) in [6.45, 7) is 6.30. The van der Waals surface area contributed by atoms with E-state index in [0.717, 1.165) is 12.8 Å². The minimum atomic E-state index is -4.63. The molecule has 0 aromatic carbocycles.